The highest BCUT2D eigenvalue weighted by molar-refractivity contribution is 7.92. The van der Waals surface area contributed by atoms with Gasteiger partial charge < -0.3 is 5.32 Å². The summed E-state index contributed by atoms with van der Waals surface area (Å²) in [6, 6.07) is 9.98. The monoisotopic (exact) mass is 409 g/mol. The smallest absolute Gasteiger partial charge is 0.261 e. The van der Waals surface area contributed by atoms with Crippen molar-refractivity contribution in [3.8, 4) is 0 Å². The van der Waals surface area contributed by atoms with Gasteiger partial charge in [-0.05, 0) is 54.4 Å². The lowest BCUT2D eigenvalue weighted by Crippen LogP contribution is -2.22. The second-order valence-corrected chi connectivity index (χ2v) is 10.1. The van der Waals surface area contributed by atoms with E-state index >= 15 is 0 Å². The zero-order valence-electron chi connectivity index (χ0n) is 14.8. The molecular weight excluding hydrogens is 390 g/mol. The Morgan fingerprint density at radius 1 is 0.926 bits per heavy atom. The largest absolute Gasteiger partial charge is 0.326 e. The highest BCUT2D eigenvalue weighted by Crippen LogP contribution is 2.27. The van der Waals surface area contributed by atoms with Gasteiger partial charge in [0, 0.05) is 31.9 Å². The number of aryl methyl sites for hydroxylation is 1. The highest BCUT2D eigenvalue weighted by atomic mass is 32.2. The predicted molar refractivity (Wildman–Crippen MR) is 102 cm³/mol. The van der Waals surface area contributed by atoms with Crippen molar-refractivity contribution in [2.45, 2.75) is 22.6 Å². The Morgan fingerprint density at radius 3 is 2.19 bits per heavy atom. The topological polar surface area (TPSA) is 113 Å². The zero-order chi connectivity index (χ0) is 19.8. The maximum atomic E-state index is 12.6. The van der Waals surface area contributed by atoms with E-state index < -0.39 is 20.0 Å². The van der Waals surface area contributed by atoms with Crippen LogP contribution in [0.5, 0.6) is 0 Å². The Morgan fingerprint density at radius 2 is 1.56 bits per heavy atom. The van der Waals surface area contributed by atoms with Gasteiger partial charge >= 0.3 is 0 Å². The molecule has 0 atom stereocenters. The van der Waals surface area contributed by atoms with Crippen LogP contribution in [0.2, 0.25) is 0 Å². The summed E-state index contributed by atoms with van der Waals surface area (Å²) in [6.07, 6.45) is 0.785. The van der Waals surface area contributed by atoms with Crippen LogP contribution in [0.4, 0.5) is 11.4 Å². The standard InChI is InChI=1S/C17H19N3O5S2/c1-20(2)27(24,25)14-6-4-13(5-7-14)19-26(22,23)15-8-9-16-12(11-15)3-10-17(21)18-16/h4-9,11,19H,3,10H2,1-2H3,(H,18,21). The molecule has 0 radical (unpaired) electrons. The summed E-state index contributed by atoms with van der Waals surface area (Å²) in [5.41, 5.74) is 1.62. The Balaban J connectivity index is 1.84. The van der Waals surface area contributed by atoms with Gasteiger partial charge in [-0.2, -0.15) is 0 Å². The fourth-order valence-electron chi connectivity index (χ4n) is 2.65. The van der Waals surface area contributed by atoms with Crippen molar-refractivity contribution in [1.29, 1.82) is 0 Å². The van der Waals surface area contributed by atoms with Crippen molar-refractivity contribution in [3.63, 3.8) is 0 Å². The van der Waals surface area contributed by atoms with Gasteiger partial charge in [0.05, 0.1) is 9.79 Å². The van der Waals surface area contributed by atoms with E-state index in [9.17, 15) is 21.6 Å². The van der Waals surface area contributed by atoms with Crippen LogP contribution in [0, 0.1) is 0 Å². The molecule has 3 rings (SSSR count). The Labute approximate surface area is 158 Å². The molecule has 0 saturated heterocycles. The molecular formula is C17H19N3O5S2. The van der Waals surface area contributed by atoms with Gasteiger partial charge in [-0.1, -0.05) is 0 Å². The van der Waals surface area contributed by atoms with Gasteiger partial charge in [0.2, 0.25) is 15.9 Å². The van der Waals surface area contributed by atoms with Crippen LogP contribution in [-0.4, -0.2) is 41.1 Å². The van der Waals surface area contributed by atoms with Crippen LogP contribution >= 0.6 is 0 Å². The third kappa shape index (κ3) is 3.97. The summed E-state index contributed by atoms with van der Waals surface area (Å²) >= 11 is 0. The van der Waals surface area contributed by atoms with E-state index in [-0.39, 0.29) is 21.4 Å². The lowest BCUT2D eigenvalue weighted by molar-refractivity contribution is -0.116. The molecule has 10 heteroatoms. The molecule has 0 bridgehead atoms. The third-order valence-electron chi connectivity index (χ3n) is 4.17. The first-order valence-corrected chi connectivity index (χ1v) is 11.0. The molecule has 1 amide bonds. The Kier molecular flexibility index (Phi) is 4.98. The number of carbonyl (C=O) groups excluding carboxylic acids is 1. The van der Waals surface area contributed by atoms with E-state index in [1.807, 2.05) is 0 Å². The number of sulfonamides is 2. The number of carbonyl (C=O) groups is 1. The van der Waals surface area contributed by atoms with Gasteiger partial charge in [-0.3, -0.25) is 9.52 Å². The summed E-state index contributed by atoms with van der Waals surface area (Å²) in [6.45, 7) is 0. The number of nitrogens with one attached hydrogen (secondary N) is 2. The first kappa shape index (κ1) is 19.3. The maximum Gasteiger partial charge on any atom is 0.261 e. The maximum absolute atomic E-state index is 12.6. The average molecular weight is 409 g/mol. The van der Waals surface area contributed by atoms with Crippen LogP contribution in [0.3, 0.4) is 0 Å². The normalized spacial score (nSPS) is 14.6. The summed E-state index contributed by atoms with van der Waals surface area (Å²) < 4.78 is 52.9. The molecule has 2 N–H and O–H groups in total. The van der Waals surface area contributed by atoms with Gasteiger partial charge in [-0.25, -0.2) is 21.1 Å². The van der Waals surface area contributed by atoms with E-state index in [4.69, 9.17) is 0 Å². The first-order chi connectivity index (χ1) is 12.6. The van der Waals surface area contributed by atoms with Gasteiger partial charge in [0.1, 0.15) is 0 Å². The molecule has 8 nitrogen and oxygen atoms in total. The van der Waals surface area contributed by atoms with Crippen LogP contribution in [0.15, 0.2) is 52.3 Å². The van der Waals surface area contributed by atoms with E-state index in [1.165, 1.54) is 50.5 Å². The van der Waals surface area contributed by atoms with Crippen LogP contribution in [0.1, 0.15) is 12.0 Å². The minimum absolute atomic E-state index is 0.0694. The number of fused-ring (bicyclic) bond motifs is 1. The molecule has 0 spiro atoms. The summed E-state index contributed by atoms with van der Waals surface area (Å²) in [5, 5.41) is 2.70. The number of rotatable bonds is 5. The number of benzene rings is 2. The SMILES string of the molecule is CN(C)S(=O)(=O)c1ccc(NS(=O)(=O)c2ccc3c(c2)CCC(=O)N3)cc1. The van der Waals surface area contributed by atoms with Crippen LogP contribution < -0.4 is 10.0 Å². The Hall–Kier alpha value is -2.43. The van der Waals surface area contributed by atoms with Crippen molar-refractivity contribution in [3.05, 3.63) is 48.0 Å². The molecule has 2 aromatic carbocycles. The minimum Gasteiger partial charge on any atom is -0.326 e. The van der Waals surface area contributed by atoms with Crippen molar-refractivity contribution in [2.24, 2.45) is 0 Å². The second kappa shape index (κ2) is 6.95. The second-order valence-electron chi connectivity index (χ2n) is 6.28. The number of hydrogen-bond acceptors (Lipinski definition) is 5. The minimum atomic E-state index is -3.85. The highest BCUT2D eigenvalue weighted by Gasteiger charge is 2.21. The van der Waals surface area contributed by atoms with E-state index in [0.29, 0.717) is 18.5 Å². The van der Waals surface area contributed by atoms with Crippen molar-refractivity contribution in [1.82, 2.24) is 4.31 Å². The predicted octanol–water partition coefficient (Wildman–Crippen LogP) is 1.62. The molecule has 0 aromatic heterocycles. The quantitative estimate of drug-likeness (QED) is 0.779. The fraction of sp³-hybridized carbons (Fsp3) is 0.235. The lowest BCUT2D eigenvalue weighted by atomic mass is 10.0. The van der Waals surface area contributed by atoms with Gasteiger partial charge in [0.25, 0.3) is 10.0 Å². The molecule has 0 saturated carbocycles. The average Bonchev–Trinajstić information content (AvgIpc) is 2.61. The van der Waals surface area contributed by atoms with Crippen LogP contribution in [0.25, 0.3) is 0 Å². The van der Waals surface area contributed by atoms with Gasteiger partial charge in [0.15, 0.2) is 0 Å². The fourth-order valence-corrected chi connectivity index (χ4v) is 4.66. The van der Waals surface area contributed by atoms with Crippen molar-refractivity contribution >= 4 is 37.3 Å². The summed E-state index contributed by atoms with van der Waals surface area (Å²) in [4.78, 5) is 11.5. The molecule has 1 heterocycles. The van der Waals surface area contributed by atoms with Crippen LogP contribution in [-0.2, 0) is 31.3 Å². The molecule has 144 valence electrons. The molecule has 0 fully saturated rings. The Bertz CT molecular complexity index is 1090. The molecule has 27 heavy (non-hydrogen) atoms. The molecule has 1 aliphatic rings. The summed E-state index contributed by atoms with van der Waals surface area (Å²) in [7, 11) is -4.59. The third-order valence-corrected chi connectivity index (χ3v) is 7.38. The number of nitrogens with zero attached hydrogens (tertiary/aromatic N) is 1. The van der Waals surface area contributed by atoms with Crippen molar-refractivity contribution < 1.29 is 21.6 Å². The number of hydrogen-bond donors (Lipinski definition) is 2. The molecule has 2 aromatic rings. The lowest BCUT2D eigenvalue weighted by Gasteiger charge is -2.18. The molecule has 1 aliphatic heterocycles. The van der Waals surface area contributed by atoms with E-state index in [2.05, 4.69) is 10.0 Å². The first-order valence-electron chi connectivity index (χ1n) is 8.08. The zero-order valence-corrected chi connectivity index (χ0v) is 16.4. The van der Waals surface area contributed by atoms with E-state index in [0.717, 1.165) is 9.87 Å². The van der Waals surface area contributed by atoms with E-state index in [1.54, 1.807) is 6.07 Å². The number of anilines is 2. The number of amides is 1. The van der Waals surface area contributed by atoms with Crippen molar-refractivity contribution in [2.75, 3.05) is 24.1 Å². The summed E-state index contributed by atoms with van der Waals surface area (Å²) in [5.74, 6) is -0.0935. The van der Waals surface area contributed by atoms with Gasteiger partial charge in [-0.15, -0.1) is 0 Å². The molecule has 0 unspecified atom stereocenters. The molecule has 0 aliphatic carbocycles.